The summed E-state index contributed by atoms with van der Waals surface area (Å²) in [5.74, 6) is 4.76. The van der Waals surface area contributed by atoms with Crippen molar-refractivity contribution in [2.75, 3.05) is 11.5 Å². The van der Waals surface area contributed by atoms with E-state index in [1.807, 2.05) is 0 Å². The fraction of sp³-hybridized carbons (Fsp3) is 1.00. The van der Waals surface area contributed by atoms with Crippen molar-refractivity contribution in [2.24, 2.45) is 17.6 Å². The third-order valence-corrected chi connectivity index (χ3v) is 3.87. The molecule has 1 saturated carbocycles. The first-order valence-electron chi connectivity index (χ1n) is 3.69. The van der Waals surface area contributed by atoms with Gasteiger partial charge in [-0.1, -0.05) is 0 Å². The third-order valence-electron chi connectivity index (χ3n) is 2.54. The molecule has 3 atom stereocenters. The van der Waals surface area contributed by atoms with E-state index in [0.29, 0.717) is 6.04 Å². The first-order valence-corrected chi connectivity index (χ1v) is 4.85. The van der Waals surface area contributed by atoms with Gasteiger partial charge in [-0.2, -0.15) is 11.8 Å². The summed E-state index contributed by atoms with van der Waals surface area (Å²) in [7, 11) is 0. The van der Waals surface area contributed by atoms with Crippen molar-refractivity contribution < 1.29 is 0 Å². The van der Waals surface area contributed by atoms with E-state index in [0.717, 1.165) is 11.8 Å². The van der Waals surface area contributed by atoms with Crippen molar-refractivity contribution >= 4 is 11.8 Å². The molecule has 1 nitrogen and oxygen atoms in total. The quantitative estimate of drug-likeness (QED) is 0.549. The predicted octanol–water partition coefficient (Wildman–Crippen LogP) is 1.09. The van der Waals surface area contributed by atoms with E-state index in [-0.39, 0.29) is 0 Å². The van der Waals surface area contributed by atoms with Crippen molar-refractivity contribution in [1.82, 2.24) is 0 Å². The van der Waals surface area contributed by atoms with Crippen LogP contribution in [0.1, 0.15) is 12.8 Å². The molecule has 0 radical (unpaired) electrons. The lowest BCUT2D eigenvalue weighted by Crippen LogP contribution is -2.15. The molecule has 0 aromatic heterocycles. The minimum Gasteiger partial charge on any atom is -0.328 e. The molecule has 2 N–H and O–H groups in total. The highest BCUT2D eigenvalue weighted by molar-refractivity contribution is 7.99. The maximum absolute atomic E-state index is 5.82. The Morgan fingerprint density at radius 2 is 1.67 bits per heavy atom. The van der Waals surface area contributed by atoms with Crippen LogP contribution in [0.2, 0.25) is 0 Å². The van der Waals surface area contributed by atoms with Crippen LogP contribution in [-0.4, -0.2) is 17.5 Å². The van der Waals surface area contributed by atoms with Crippen LogP contribution in [0.3, 0.4) is 0 Å². The lowest BCUT2D eigenvalue weighted by Gasteiger charge is -2.02. The standard InChI is InChI=1S/C7H13NS/c8-7-1-5-3-9-4-6(5)2-7/h5-7H,1-4,8H2/t5-,6?,7?/m1/s1. The van der Waals surface area contributed by atoms with E-state index >= 15 is 0 Å². The van der Waals surface area contributed by atoms with E-state index in [2.05, 4.69) is 11.8 Å². The van der Waals surface area contributed by atoms with Gasteiger partial charge in [0.1, 0.15) is 0 Å². The minimum absolute atomic E-state index is 0.542. The number of hydrogen-bond donors (Lipinski definition) is 1. The van der Waals surface area contributed by atoms with Crippen molar-refractivity contribution in [3.8, 4) is 0 Å². The molecule has 1 saturated heterocycles. The summed E-state index contributed by atoms with van der Waals surface area (Å²) in [6.45, 7) is 0. The molecule has 2 heteroatoms. The number of nitrogens with two attached hydrogens (primary N) is 1. The minimum atomic E-state index is 0.542. The summed E-state index contributed by atoms with van der Waals surface area (Å²) >= 11 is 2.11. The molecule has 9 heavy (non-hydrogen) atoms. The number of thioether (sulfide) groups is 1. The second kappa shape index (κ2) is 2.17. The molecule has 0 aromatic carbocycles. The zero-order valence-electron chi connectivity index (χ0n) is 5.55. The lowest BCUT2D eigenvalue weighted by molar-refractivity contribution is 0.494. The Morgan fingerprint density at radius 3 is 2.22 bits per heavy atom. The summed E-state index contributed by atoms with van der Waals surface area (Å²) < 4.78 is 0. The van der Waals surface area contributed by atoms with Gasteiger partial charge in [0.25, 0.3) is 0 Å². The van der Waals surface area contributed by atoms with Gasteiger partial charge in [0.05, 0.1) is 0 Å². The molecule has 0 aromatic rings. The second-order valence-corrected chi connectivity index (χ2v) is 4.36. The molecular formula is C7H13NS. The first kappa shape index (κ1) is 6.05. The van der Waals surface area contributed by atoms with Gasteiger partial charge in [0, 0.05) is 6.04 Å². The van der Waals surface area contributed by atoms with Gasteiger partial charge >= 0.3 is 0 Å². The Kier molecular flexibility index (Phi) is 1.46. The zero-order valence-corrected chi connectivity index (χ0v) is 6.36. The molecule has 2 unspecified atom stereocenters. The van der Waals surface area contributed by atoms with E-state index in [9.17, 15) is 0 Å². The Morgan fingerprint density at radius 1 is 1.11 bits per heavy atom. The summed E-state index contributed by atoms with van der Waals surface area (Å²) in [6.07, 6.45) is 2.61. The van der Waals surface area contributed by atoms with Gasteiger partial charge in [-0.3, -0.25) is 0 Å². The fourth-order valence-corrected chi connectivity index (χ4v) is 3.60. The molecule has 52 valence electrons. The summed E-state index contributed by atoms with van der Waals surface area (Å²) in [6, 6.07) is 0.542. The van der Waals surface area contributed by atoms with E-state index in [1.54, 1.807) is 0 Å². The highest BCUT2D eigenvalue weighted by Crippen LogP contribution is 2.41. The Balaban J connectivity index is 2.02. The molecule has 1 aliphatic heterocycles. The van der Waals surface area contributed by atoms with Crippen LogP contribution in [0.4, 0.5) is 0 Å². The van der Waals surface area contributed by atoms with Crippen molar-refractivity contribution in [2.45, 2.75) is 18.9 Å². The van der Waals surface area contributed by atoms with Crippen LogP contribution in [-0.2, 0) is 0 Å². The highest BCUT2D eigenvalue weighted by Gasteiger charge is 2.35. The molecule has 1 heterocycles. The Labute approximate surface area is 60.4 Å². The normalized spacial score (nSPS) is 49.7. The smallest absolute Gasteiger partial charge is 0.00449 e. The first-order chi connectivity index (χ1) is 4.36. The van der Waals surface area contributed by atoms with Gasteiger partial charge in [-0.15, -0.1) is 0 Å². The van der Waals surface area contributed by atoms with E-state index in [4.69, 9.17) is 5.73 Å². The summed E-state index contributed by atoms with van der Waals surface area (Å²) in [5, 5.41) is 0. The lowest BCUT2D eigenvalue weighted by atomic mass is 10.0. The highest BCUT2D eigenvalue weighted by atomic mass is 32.2. The molecule has 1 aliphatic carbocycles. The average molecular weight is 143 g/mol. The predicted molar refractivity (Wildman–Crippen MR) is 41.5 cm³/mol. The number of rotatable bonds is 0. The van der Waals surface area contributed by atoms with Crippen LogP contribution in [0.25, 0.3) is 0 Å². The Bertz CT molecular complexity index is 103. The van der Waals surface area contributed by atoms with Crippen molar-refractivity contribution in [3.05, 3.63) is 0 Å². The maximum Gasteiger partial charge on any atom is 0.00449 e. The molecule has 0 amide bonds. The van der Waals surface area contributed by atoms with Crippen LogP contribution in [0.5, 0.6) is 0 Å². The van der Waals surface area contributed by atoms with Gasteiger partial charge in [0.2, 0.25) is 0 Å². The number of fused-ring (bicyclic) bond motifs is 1. The topological polar surface area (TPSA) is 26.0 Å². The van der Waals surface area contributed by atoms with Gasteiger partial charge in [0.15, 0.2) is 0 Å². The summed E-state index contributed by atoms with van der Waals surface area (Å²) in [4.78, 5) is 0. The largest absolute Gasteiger partial charge is 0.328 e. The zero-order chi connectivity index (χ0) is 6.27. The molecular weight excluding hydrogens is 130 g/mol. The summed E-state index contributed by atoms with van der Waals surface area (Å²) in [5.41, 5.74) is 5.82. The van der Waals surface area contributed by atoms with Gasteiger partial charge < -0.3 is 5.73 Å². The van der Waals surface area contributed by atoms with E-state index < -0.39 is 0 Å². The second-order valence-electron chi connectivity index (χ2n) is 3.29. The maximum atomic E-state index is 5.82. The Hall–Kier alpha value is 0.310. The molecule has 0 bridgehead atoms. The third kappa shape index (κ3) is 0.987. The fourth-order valence-electron chi connectivity index (χ4n) is 2.04. The van der Waals surface area contributed by atoms with Crippen molar-refractivity contribution in [1.29, 1.82) is 0 Å². The molecule has 2 fully saturated rings. The van der Waals surface area contributed by atoms with Crippen LogP contribution in [0.15, 0.2) is 0 Å². The SMILES string of the molecule is NC1CC2CSC[C@H]2C1. The molecule has 2 aliphatic rings. The van der Waals surface area contributed by atoms with Crippen molar-refractivity contribution in [3.63, 3.8) is 0 Å². The van der Waals surface area contributed by atoms with Crippen LogP contribution < -0.4 is 5.73 Å². The average Bonchev–Trinajstić information content (AvgIpc) is 2.22. The van der Waals surface area contributed by atoms with Gasteiger partial charge in [-0.25, -0.2) is 0 Å². The van der Waals surface area contributed by atoms with Crippen LogP contribution >= 0.6 is 11.8 Å². The van der Waals surface area contributed by atoms with Crippen LogP contribution in [0, 0.1) is 11.8 Å². The monoisotopic (exact) mass is 143 g/mol. The number of hydrogen-bond acceptors (Lipinski definition) is 2. The van der Waals surface area contributed by atoms with E-state index in [1.165, 1.54) is 24.3 Å². The molecule has 0 spiro atoms. The molecule has 2 rings (SSSR count). The van der Waals surface area contributed by atoms with Gasteiger partial charge in [-0.05, 0) is 36.2 Å².